The highest BCUT2D eigenvalue weighted by Crippen LogP contribution is 2.31. The fraction of sp³-hybridized carbons (Fsp3) is 0.182. The quantitative estimate of drug-likeness (QED) is 0.121. The van der Waals surface area contributed by atoms with E-state index in [0.29, 0.717) is 40.4 Å². The summed E-state index contributed by atoms with van der Waals surface area (Å²) in [7, 11) is 0. The molecule has 5 rings (SSSR count). The van der Waals surface area contributed by atoms with Gasteiger partial charge >= 0.3 is 6.03 Å². The van der Waals surface area contributed by atoms with Crippen LogP contribution >= 0.6 is 15.9 Å². The maximum absolute atomic E-state index is 13.3. The molecule has 1 aliphatic rings. The third-order valence-electron chi connectivity index (χ3n) is 6.88. The topological polar surface area (TPSA) is 84.9 Å². The minimum Gasteiger partial charge on any atom is -0.494 e. The minimum atomic E-state index is -0.801. The van der Waals surface area contributed by atoms with Gasteiger partial charge in [0.1, 0.15) is 23.7 Å². The molecule has 0 atom stereocenters. The Hall–Kier alpha value is -4.43. The number of aryl methyl sites for hydroxylation is 1. The van der Waals surface area contributed by atoms with Crippen LogP contribution in [-0.4, -0.2) is 24.5 Å². The van der Waals surface area contributed by atoms with Gasteiger partial charge in [0, 0.05) is 5.56 Å². The normalized spacial score (nSPS) is 14.5. The molecule has 1 fully saturated rings. The van der Waals surface area contributed by atoms with Crippen molar-refractivity contribution in [3.8, 4) is 11.5 Å². The van der Waals surface area contributed by atoms with Gasteiger partial charge in [0.15, 0.2) is 0 Å². The molecule has 0 bridgehead atoms. The number of carbonyl (C=O) groups excluding carboxylic acids is 3. The lowest BCUT2D eigenvalue weighted by Gasteiger charge is -2.26. The molecule has 0 aliphatic carbocycles. The number of urea groups is 1. The molecule has 0 aromatic heterocycles. The molecule has 1 N–H and O–H groups in total. The van der Waals surface area contributed by atoms with Gasteiger partial charge in [0.25, 0.3) is 11.8 Å². The van der Waals surface area contributed by atoms with Crippen LogP contribution in [0.3, 0.4) is 0 Å². The van der Waals surface area contributed by atoms with Gasteiger partial charge in [0.2, 0.25) is 0 Å². The number of anilines is 1. The average molecular weight is 614 g/mol. The van der Waals surface area contributed by atoms with E-state index in [9.17, 15) is 14.4 Å². The summed E-state index contributed by atoms with van der Waals surface area (Å²) in [6.45, 7) is 5.11. The number of hydrogen-bond donors (Lipinski definition) is 1. The third kappa shape index (κ3) is 6.18. The summed E-state index contributed by atoms with van der Waals surface area (Å²) in [4.78, 5) is 39.5. The van der Waals surface area contributed by atoms with Crippen LogP contribution in [0, 0.1) is 6.92 Å². The highest BCUT2D eigenvalue weighted by atomic mass is 79.9. The van der Waals surface area contributed by atoms with Gasteiger partial charge in [-0.05, 0) is 93.6 Å². The van der Waals surface area contributed by atoms with E-state index in [-0.39, 0.29) is 5.57 Å². The molecule has 4 aromatic carbocycles. The Kier molecular flexibility index (Phi) is 8.50. The van der Waals surface area contributed by atoms with Crippen LogP contribution in [0.5, 0.6) is 11.5 Å². The number of amides is 4. The summed E-state index contributed by atoms with van der Waals surface area (Å²) in [6, 6.07) is 23.5. The lowest BCUT2D eigenvalue weighted by Crippen LogP contribution is -2.54. The van der Waals surface area contributed by atoms with Crippen molar-refractivity contribution in [2.45, 2.75) is 33.3 Å². The molecule has 208 valence electrons. The Morgan fingerprint density at radius 2 is 1.71 bits per heavy atom. The number of unbranched alkanes of at least 4 members (excludes halogenated alkanes) is 1. The third-order valence-corrected chi connectivity index (χ3v) is 7.50. The number of halogens is 1. The standard InChI is InChI=1S/C33H29BrN2O5/c1-3-4-17-40-25-14-12-24(13-15-25)36-32(38)27(31(37)35-33(36)39)18-22-10-16-30(29(34)19-22)41-20-28-21(2)9-11-23-7-5-6-8-26(23)28/h5-16,18-19H,3-4,17,20H2,1-2H3,(H,35,37,39)/b27-18-. The molecule has 0 spiro atoms. The molecule has 8 heteroatoms. The number of benzene rings is 4. The Morgan fingerprint density at radius 1 is 0.927 bits per heavy atom. The van der Waals surface area contributed by atoms with Crippen molar-refractivity contribution in [3.63, 3.8) is 0 Å². The molecule has 1 heterocycles. The first-order chi connectivity index (χ1) is 19.9. The predicted molar refractivity (Wildman–Crippen MR) is 163 cm³/mol. The number of imide groups is 2. The first-order valence-corrected chi connectivity index (χ1v) is 14.2. The van der Waals surface area contributed by atoms with E-state index in [4.69, 9.17) is 9.47 Å². The lowest BCUT2D eigenvalue weighted by atomic mass is 10.0. The van der Waals surface area contributed by atoms with Gasteiger partial charge < -0.3 is 9.47 Å². The molecule has 7 nitrogen and oxygen atoms in total. The van der Waals surface area contributed by atoms with Crippen LogP contribution in [0.4, 0.5) is 10.5 Å². The van der Waals surface area contributed by atoms with E-state index in [2.05, 4.69) is 59.4 Å². The van der Waals surface area contributed by atoms with Crippen molar-refractivity contribution in [1.29, 1.82) is 0 Å². The molecular weight excluding hydrogens is 584 g/mol. The first-order valence-electron chi connectivity index (χ1n) is 13.4. The molecule has 41 heavy (non-hydrogen) atoms. The molecular formula is C33H29BrN2O5. The molecule has 0 radical (unpaired) electrons. The highest BCUT2D eigenvalue weighted by Gasteiger charge is 2.36. The number of nitrogens with one attached hydrogen (secondary N) is 1. The van der Waals surface area contributed by atoms with Gasteiger partial charge in [0.05, 0.1) is 16.8 Å². The number of ether oxygens (including phenoxy) is 2. The van der Waals surface area contributed by atoms with Crippen molar-refractivity contribution in [2.24, 2.45) is 0 Å². The first kappa shape index (κ1) is 28.1. The summed E-state index contributed by atoms with van der Waals surface area (Å²) < 4.78 is 12.5. The molecule has 1 saturated heterocycles. The van der Waals surface area contributed by atoms with Crippen molar-refractivity contribution in [3.05, 3.63) is 106 Å². The zero-order chi connectivity index (χ0) is 28.9. The zero-order valence-corrected chi connectivity index (χ0v) is 24.4. The van der Waals surface area contributed by atoms with Gasteiger partial charge in [-0.2, -0.15) is 0 Å². The SMILES string of the molecule is CCCCOc1ccc(N2C(=O)NC(=O)/C(=C/c3ccc(OCc4c(C)ccc5ccccc45)c(Br)c3)C2=O)cc1. The number of barbiturate groups is 1. The van der Waals surface area contributed by atoms with Crippen molar-refractivity contribution < 1.29 is 23.9 Å². The Bertz CT molecular complexity index is 1660. The highest BCUT2D eigenvalue weighted by molar-refractivity contribution is 9.10. The van der Waals surface area contributed by atoms with E-state index in [1.807, 2.05) is 12.1 Å². The molecule has 0 unspecified atom stereocenters. The molecule has 0 saturated carbocycles. The zero-order valence-electron chi connectivity index (χ0n) is 22.8. The van der Waals surface area contributed by atoms with Crippen molar-refractivity contribution in [1.82, 2.24) is 5.32 Å². The van der Waals surface area contributed by atoms with E-state index >= 15 is 0 Å². The summed E-state index contributed by atoms with van der Waals surface area (Å²) in [5.41, 5.74) is 3.02. The lowest BCUT2D eigenvalue weighted by molar-refractivity contribution is -0.122. The Morgan fingerprint density at radius 3 is 2.46 bits per heavy atom. The second kappa shape index (κ2) is 12.4. The summed E-state index contributed by atoms with van der Waals surface area (Å²) in [5.74, 6) is -0.196. The smallest absolute Gasteiger partial charge is 0.335 e. The summed E-state index contributed by atoms with van der Waals surface area (Å²) >= 11 is 3.56. The molecule has 4 amide bonds. The van der Waals surface area contributed by atoms with Crippen LogP contribution in [0.15, 0.2) is 88.9 Å². The van der Waals surface area contributed by atoms with Crippen molar-refractivity contribution in [2.75, 3.05) is 11.5 Å². The number of rotatable bonds is 9. The Balaban J connectivity index is 1.33. The summed E-state index contributed by atoms with van der Waals surface area (Å²) in [5, 5.41) is 4.55. The van der Waals surface area contributed by atoms with Crippen LogP contribution < -0.4 is 19.7 Å². The van der Waals surface area contributed by atoms with Crippen LogP contribution in [0.1, 0.15) is 36.5 Å². The fourth-order valence-corrected chi connectivity index (χ4v) is 5.11. The van der Waals surface area contributed by atoms with Crippen LogP contribution in [-0.2, 0) is 16.2 Å². The average Bonchev–Trinajstić information content (AvgIpc) is 2.96. The van der Waals surface area contributed by atoms with Gasteiger partial charge in [-0.25, -0.2) is 9.69 Å². The van der Waals surface area contributed by atoms with Gasteiger partial charge in [-0.15, -0.1) is 0 Å². The number of carbonyl (C=O) groups is 3. The minimum absolute atomic E-state index is 0.153. The van der Waals surface area contributed by atoms with Gasteiger partial charge in [-0.3, -0.25) is 14.9 Å². The number of nitrogens with zero attached hydrogens (tertiary/aromatic N) is 1. The summed E-state index contributed by atoms with van der Waals surface area (Å²) in [6.07, 6.45) is 3.40. The fourth-order valence-electron chi connectivity index (χ4n) is 4.59. The van der Waals surface area contributed by atoms with Crippen LogP contribution in [0.25, 0.3) is 16.8 Å². The predicted octanol–water partition coefficient (Wildman–Crippen LogP) is 7.34. The van der Waals surface area contributed by atoms with Gasteiger partial charge in [-0.1, -0.05) is 55.8 Å². The second-order valence-corrected chi connectivity index (χ2v) is 10.6. The van der Waals surface area contributed by atoms with E-state index in [1.54, 1.807) is 42.5 Å². The van der Waals surface area contributed by atoms with E-state index in [1.165, 1.54) is 6.08 Å². The van der Waals surface area contributed by atoms with E-state index in [0.717, 1.165) is 39.6 Å². The van der Waals surface area contributed by atoms with E-state index < -0.39 is 17.8 Å². The van der Waals surface area contributed by atoms with Crippen LogP contribution in [0.2, 0.25) is 0 Å². The second-order valence-electron chi connectivity index (χ2n) is 9.71. The monoisotopic (exact) mass is 612 g/mol. The number of hydrogen-bond acceptors (Lipinski definition) is 5. The Labute approximate surface area is 246 Å². The largest absolute Gasteiger partial charge is 0.494 e. The maximum Gasteiger partial charge on any atom is 0.335 e. The molecule has 4 aromatic rings. The maximum atomic E-state index is 13.3. The van der Waals surface area contributed by atoms with Crippen molar-refractivity contribution >= 4 is 56.3 Å². The number of fused-ring (bicyclic) bond motifs is 1. The molecule has 1 aliphatic heterocycles.